The van der Waals surface area contributed by atoms with Crippen molar-refractivity contribution in [2.24, 2.45) is 0 Å². The van der Waals surface area contributed by atoms with Gasteiger partial charge < -0.3 is 10.0 Å². The summed E-state index contributed by atoms with van der Waals surface area (Å²) in [7, 11) is 0. The van der Waals surface area contributed by atoms with Gasteiger partial charge in [0.25, 0.3) is 0 Å². The molecule has 1 N–H and O–H groups in total. The highest BCUT2D eigenvalue weighted by molar-refractivity contribution is 5.81. The van der Waals surface area contributed by atoms with E-state index in [1.54, 1.807) is 0 Å². The first-order valence-electron chi connectivity index (χ1n) is 8.15. The Kier molecular flexibility index (Phi) is 4.41. The largest absolute Gasteiger partial charge is 0.395 e. The number of rotatable bonds is 5. The third-order valence-corrected chi connectivity index (χ3v) is 4.81. The maximum absolute atomic E-state index is 12.7. The number of hydrogen-bond donors (Lipinski definition) is 1. The summed E-state index contributed by atoms with van der Waals surface area (Å²) in [6.45, 7) is 1.62. The quantitative estimate of drug-likeness (QED) is 0.835. The van der Waals surface area contributed by atoms with Gasteiger partial charge in [0.05, 0.1) is 13.2 Å². The van der Waals surface area contributed by atoms with Crippen LogP contribution >= 0.6 is 0 Å². The molecule has 1 aliphatic heterocycles. The van der Waals surface area contributed by atoms with Crippen molar-refractivity contribution in [3.05, 3.63) is 11.8 Å². The highest BCUT2D eigenvalue weighted by atomic mass is 16.3. The smallest absolute Gasteiger partial charge is 0.241 e. The SMILES string of the molecule is O=C(CN1CCC[C@@H]1CO)N(C1=CCCCC1)C1CC1. The number of carbonyl (C=O) groups is 1. The molecule has 4 heteroatoms. The Hall–Kier alpha value is -0.870. The van der Waals surface area contributed by atoms with E-state index in [0.29, 0.717) is 12.6 Å². The van der Waals surface area contributed by atoms with Crippen molar-refractivity contribution in [1.29, 1.82) is 0 Å². The summed E-state index contributed by atoms with van der Waals surface area (Å²) in [5, 5.41) is 9.38. The molecule has 0 radical (unpaired) electrons. The summed E-state index contributed by atoms with van der Waals surface area (Å²) in [6, 6.07) is 0.655. The van der Waals surface area contributed by atoms with E-state index in [1.165, 1.54) is 18.5 Å². The second-order valence-electron chi connectivity index (χ2n) is 6.39. The van der Waals surface area contributed by atoms with Gasteiger partial charge in [-0.05, 0) is 57.9 Å². The predicted octanol–water partition coefficient (Wildman–Crippen LogP) is 1.89. The van der Waals surface area contributed by atoms with Gasteiger partial charge in [-0.1, -0.05) is 6.08 Å². The van der Waals surface area contributed by atoms with Crippen LogP contribution in [0.25, 0.3) is 0 Å². The highest BCUT2D eigenvalue weighted by Gasteiger charge is 2.36. The van der Waals surface area contributed by atoms with E-state index in [4.69, 9.17) is 0 Å². The van der Waals surface area contributed by atoms with Crippen molar-refractivity contribution in [1.82, 2.24) is 9.80 Å². The number of allylic oxidation sites excluding steroid dienone is 2. The van der Waals surface area contributed by atoms with Gasteiger partial charge in [0.15, 0.2) is 0 Å². The molecular weight excluding hydrogens is 252 g/mol. The maximum atomic E-state index is 12.7. The topological polar surface area (TPSA) is 43.8 Å². The van der Waals surface area contributed by atoms with Crippen LogP contribution in [0.4, 0.5) is 0 Å². The number of amides is 1. The summed E-state index contributed by atoms with van der Waals surface area (Å²) in [5.41, 5.74) is 1.27. The molecule has 4 nitrogen and oxygen atoms in total. The monoisotopic (exact) mass is 278 g/mol. The molecule has 3 rings (SSSR count). The van der Waals surface area contributed by atoms with Crippen LogP contribution in [0, 0.1) is 0 Å². The molecule has 1 heterocycles. The van der Waals surface area contributed by atoms with Crippen molar-refractivity contribution in [3.63, 3.8) is 0 Å². The Morgan fingerprint density at radius 3 is 2.80 bits per heavy atom. The molecule has 0 aromatic rings. The minimum absolute atomic E-state index is 0.180. The van der Waals surface area contributed by atoms with Crippen LogP contribution in [0.3, 0.4) is 0 Å². The summed E-state index contributed by atoms with van der Waals surface area (Å²) in [4.78, 5) is 17.0. The molecule has 1 saturated heterocycles. The molecule has 0 bridgehead atoms. The number of likely N-dealkylation sites (tertiary alicyclic amines) is 1. The lowest BCUT2D eigenvalue weighted by molar-refractivity contribution is -0.131. The zero-order valence-electron chi connectivity index (χ0n) is 12.3. The fraction of sp³-hybridized carbons (Fsp3) is 0.812. The fourth-order valence-electron chi connectivity index (χ4n) is 3.53. The number of carbonyl (C=O) groups excluding carboxylic acids is 1. The van der Waals surface area contributed by atoms with Crippen LogP contribution in [0.5, 0.6) is 0 Å². The van der Waals surface area contributed by atoms with E-state index >= 15 is 0 Å². The van der Waals surface area contributed by atoms with E-state index in [2.05, 4.69) is 15.9 Å². The molecule has 0 spiro atoms. The first-order chi connectivity index (χ1) is 9.79. The number of aliphatic hydroxyl groups excluding tert-OH is 1. The Morgan fingerprint density at radius 2 is 2.15 bits per heavy atom. The standard InChI is InChI=1S/C16H26N2O2/c19-12-15-7-4-10-17(15)11-16(20)18(14-8-9-14)13-5-2-1-3-6-13/h5,14-15,19H,1-4,6-12H2/t15-/m1/s1. The third-order valence-electron chi connectivity index (χ3n) is 4.81. The molecule has 112 valence electrons. The number of hydrogen-bond acceptors (Lipinski definition) is 3. The van der Waals surface area contributed by atoms with Crippen molar-refractivity contribution in [2.45, 2.75) is 63.5 Å². The average Bonchev–Trinajstić information content (AvgIpc) is 3.19. The van der Waals surface area contributed by atoms with E-state index in [1.807, 2.05) is 0 Å². The molecule has 2 fully saturated rings. The third kappa shape index (κ3) is 3.07. The zero-order valence-corrected chi connectivity index (χ0v) is 12.3. The second kappa shape index (κ2) is 6.27. The van der Waals surface area contributed by atoms with Crippen molar-refractivity contribution < 1.29 is 9.90 Å². The first kappa shape index (κ1) is 14.1. The molecule has 0 aromatic carbocycles. The Bertz CT molecular complexity index is 390. The zero-order chi connectivity index (χ0) is 13.9. The Morgan fingerprint density at radius 1 is 1.30 bits per heavy atom. The molecule has 2 aliphatic carbocycles. The molecule has 1 atom stereocenters. The fourth-order valence-corrected chi connectivity index (χ4v) is 3.53. The van der Waals surface area contributed by atoms with Crippen LogP contribution < -0.4 is 0 Å². The normalized spacial score (nSPS) is 27.4. The van der Waals surface area contributed by atoms with E-state index in [-0.39, 0.29) is 18.6 Å². The maximum Gasteiger partial charge on any atom is 0.241 e. The number of nitrogens with zero attached hydrogens (tertiary/aromatic N) is 2. The van der Waals surface area contributed by atoms with Crippen molar-refractivity contribution in [3.8, 4) is 0 Å². The van der Waals surface area contributed by atoms with Gasteiger partial charge in [0.1, 0.15) is 0 Å². The van der Waals surface area contributed by atoms with Crippen molar-refractivity contribution >= 4 is 5.91 Å². The van der Waals surface area contributed by atoms with E-state index in [0.717, 1.165) is 45.1 Å². The number of aliphatic hydroxyl groups is 1. The second-order valence-corrected chi connectivity index (χ2v) is 6.39. The van der Waals surface area contributed by atoms with Crippen LogP contribution in [0.1, 0.15) is 51.4 Å². The van der Waals surface area contributed by atoms with Gasteiger partial charge in [-0.15, -0.1) is 0 Å². The molecule has 1 saturated carbocycles. The summed E-state index contributed by atoms with van der Waals surface area (Å²) < 4.78 is 0. The average molecular weight is 278 g/mol. The Balaban J connectivity index is 1.65. The van der Waals surface area contributed by atoms with Crippen LogP contribution in [-0.4, -0.2) is 52.6 Å². The molecule has 1 amide bonds. The minimum Gasteiger partial charge on any atom is -0.395 e. The minimum atomic E-state index is 0.180. The van der Waals surface area contributed by atoms with Gasteiger partial charge in [0, 0.05) is 17.8 Å². The van der Waals surface area contributed by atoms with Gasteiger partial charge in [-0.25, -0.2) is 0 Å². The van der Waals surface area contributed by atoms with Gasteiger partial charge in [-0.3, -0.25) is 9.69 Å². The van der Waals surface area contributed by atoms with E-state index < -0.39 is 0 Å². The molecular formula is C16H26N2O2. The molecule has 20 heavy (non-hydrogen) atoms. The summed E-state index contributed by atoms with van der Waals surface area (Å²) >= 11 is 0. The lowest BCUT2D eigenvalue weighted by atomic mass is 10.0. The van der Waals surface area contributed by atoms with Crippen LogP contribution in [0.15, 0.2) is 11.8 Å². The van der Waals surface area contributed by atoms with Crippen molar-refractivity contribution in [2.75, 3.05) is 19.7 Å². The first-order valence-corrected chi connectivity index (χ1v) is 8.15. The summed E-state index contributed by atoms with van der Waals surface area (Å²) in [5.74, 6) is 0.251. The van der Waals surface area contributed by atoms with Crippen LogP contribution in [-0.2, 0) is 4.79 Å². The highest BCUT2D eigenvalue weighted by Crippen LogP contribution is 2.34. The van der Waals surface area contributed by atoms with Gasteiger partial charge in [-0.2, -0.15) is 0 Å². The van der Waals surface area contributed by atoms with Crippen LogP contribution in [0.2, 0.25) is 0 Å². The lowest BCUT2D eigenvalue weighted by Gasteiger charge is -2.31. The summed E-state index contributed by atoms with van der Waals surface area (Å²) in [6.07, 6.45) is 11.4. The van der Waals surface area contributed by atoms with Gasteiger partial charge >= 0.3 is 0 Å². The lowest BCUT2D eigenvalue weighted by Crippen LogP contribution is -2.43. The molecule has 0 aromatic heterocycles. The molecule has 0 unspecified atom stereocenters. The van der Waals surface area contributed by atoms with Gasteiger partial charge in [0.2, 0.25) is 5.91 Å². The van der Waals surface area contributed by atoms with E-state index in [9.17, 15) is 9.90 Å². The Labute approximate surface area is 121 Å². The molecule has 3 aliphatic rings. The predicted molar refractivity (Wildman–Crippen MR) is 78.1 cm³/mol.